The largest absolute Gasteiger partial charge is 0.379 e. The van der Waals surface area contributed by atoms with Crippen LogP contribution in [0, 0.1) is 7.11 Å². The minimum atomic E-state index is 0.713. The highest BCUT2D eigenvalue weighted by Gasteiger charge is 1.87. The Morgan fingerprint density at radius 1 is 1.29 bits per heavy atom. The van der Waals surface area contributed by atoms with Gasteiger partial charge < -0.3 is 4.74 Å². The number of ether oxygens (including phenoxy) is 1. The van der Waals surface area contributed by atoms with E-state index in [1.807, 2.05) is 24.3 Å². The van der Waals surface area contributed by atoms with Gasteiger partial charge in [0, 0.05) is 11.6 Å². The fourth-order valence-electron chi connectivity index (χ4n) is 1.10. The predicted molar refractivity (Wildman–Crippen MR) is 61.0 cm³/mol. The molecule has 1 aromatic rings. The summed E-state index contributed by atoms with van der Waals surface area (Å²) in [5.41, 5.74) is 1.17. The number of allylic oxidation sites excluding steroid dienone is 1. The van der Waals surface area contributed by atoms with Crippen LogP contribution >= 0.6 is 11.6 Å². The van der Waals surface area contributed by atoms with E-state index in [4.69, 9.17) is 16.3 Å². The monoisotopic (exact) mass is 209 g/mol. The van der Waals surface area contributed by atoms with Gasteiger partial charge in [0.15, 0.2) is 0 Å². The molecule has 14 heavy (non-hydrogen) atoms. The lowest BCUT2D eigenvalue weighted by molar-refractivity contribution is 0.238. The van der Waals surface area contributed by atoms with Gasteiger partial charge in [0.1, 0.15) is 0 Å². The molecule has 0 atom stereocenters. The molecule has 1 nitrogen and oxygen atoms in total. The average molecular weight is 210 g/mol. The van der Waals surface area contributed by atoms with E-state index < -0.39 is 0 Å². The van der Waals surface area contributed by atoms with Crippen molar-refractivity contribution in [1.82, 2.24) is 0 Å². The van der Waals surface area contributed by atoms with Gasteiger partial charge in [0.25, 0.3) is 0 Å². The predicted octanol–water partition coefficient (Wildman–Crippen LogP) is 3.94. The molecule has 0 saturated carbocycles. The normalized spacial score (nSPS) is 11.0. The maximum Gasteiger partial charge on any atom is 0.0700 e. The van der Waals surface area contributed by atoms with Gasteiger partial charge in [0.2, 0.25) is 0 Å². The highest BCUT2D eigenvalue weighted by atomic mass is 35.5. The fraction of sp³-hybridized carbons (Fsp3) is 0.250. The Kier molecular flexibility index (Phi) is 5.35. The lowest BCUT2D eigenvalue weighted by Gasteiger charge is -1.95. The molecule has 0 aliphatic rings. The molecule has 1 aromatic carbocycles. The zero-order valence-corrected chi connectivity index (χ0v) is 8.83. The Bertz CT molecular complexity index is 277. The smallest absolute Gasteiger partial charge is 0.0700 e. The maximum absolute atomic E-state index is 5.77. The summed E-state index contributed by atoms with van der Waals surface area (Å²) < 4.78 is 4.71. The van der Waals surface area contributed by atoms with Crippen LogP contribution in [0.1, 0.15) is 18.4 Å². The zero-order chi connectivity index (χ0) is 10.2. The summed E-state index contributed by atoms with van der Waals surface area (Å²) >= 11 is 5.77. The second kappa shape index (κ2) is 6.63. The minimum absolute atomic E-state index is 0.713. The topological polar surface area (TPSA) is 9.23 Å². The van der Waals surface area contributed by atoms with E-state index in [9.17, 15) is 0 Å². The molecular formula is C12H14ClO. The number of benzene rings is 1. The third-order valence-electron chi connectivity index (χ3n) is 1.84. The van der Waals surface area contributed by atoms with Gasteiger partial charge in [-0.25, -0.2) is 0 Å². The molecule has 0 amide bonds. The van der Waals surface area contributed by atoms with E-state index in [1.165, 1.54) is 5.56 Å². The quantitative estimate of drug-likeness (QED) is 0.668. The van der Waals surface area contributed by atoms with Gasteiger partial charge in [-0.1, -0.05) is 35.9 Å². The molecule has 0 aromatic heterocycles. The molecule has 0 spiro atoms. The van der Waals surface area contributed by atoms with Crippen LogP contribution in [0.4, 0.5) is 0 Å². The van der Waals surface area contributed by atoms with Crippen molar-refractivity contribution in [1.29, 1.82) is 0 Å². The molecular weight excluding hydrogens is 196 g/mol. The molecule has 1 radical (unpaired) electrons. The van der Waals surface area contributed by atoms with Gasteiger partial charge in [0.05, 0.1) is 7.11 Å². The van der Waals surface area contributed by atoms with Crippen molar-refractivity contribution >= 4 is 17.7 Å². The van der Waals surface area contributed by atoms with Crippen molar-refractivity contribution in [2.45, 2.75) is 12.8 Å². The lowest BCUT2D eigenvalue weighted by atomic mass is 10.2. The Hall–Kier alpha value is -0.790. The van der Waals surface area contributed by atoms with Crippen LogP contribution in [0.2, 0.25) is 5.02 Å². The molecule has 1 rings (SSSR count). The molecule has 0 heterocycles. The average Bonchev–Trinajstić information content (AvgIpc) is 2.21. The molecule has 0 aliphatic heterocycles. The molecule has 0 fully saturated rings. The summed E-state index contributed by atoms with van der Waals surface area (Å²) in [5, 5.41) is 0.771. The molecule has 0 bridgehead atoms. The third-order valence-corrected chi connectivity index (χ3v) is 2.09. The van der Waals surface area contributed by atoms with Gasteiger partial charge >= 0.3 is 0 Å². The molecule has 0 N–H and O–H groups in total. The number of rotatable bonds is 5. The minimum Gasteiger partial charge on any atom is -0.379 e. The zero-order valence-electron chi connectivity index (χ0n) is 8.08. The van der Waals surface area contributed by atoms with E-state index >= 15 is 0 Å². The second-order valence-corrected chi connectivity index (χ2v) is 3.44. The van der Waals surface area contributed by atoms with Crippen molar-refractivity contribution < 1.29 is 4.74 Å². The van der Waals surface area contributed by atoms with E-state index in [0.717, 1.165) is 17.9 Å². The first-order valence-corrected chi connectivity index (χ1v) is 5.00. The van der Waals surface area contributed by atoms with Crippen LogP contribution in [0.3, 0.4) is 0 Å². The molecule has 75 valence electrons. The Morgan fingerprint density at radius 3 is 2.64 bits per heavy atom. The number of unbranched alkanes of at least 4 members (excludes halogenated alkanes) is 1. The highest BCUT2D eigenvalue weighted by Crippen LogP contribution is 2.10. The van der Waals surface area contributed by atoms with E-state index in [0.29, 0.717) is 6.61 Å². The summed E-state index contributed by atoms with van der Waals surface area (Å²) in [6, 6.07) is 7.77. The molecule has 2 heteroatoms. The summed E-state index contributed by atoms with van der Waals surface area (Å²) in [5.74, 6) is 0. The van der Waals surface area contributed by atoms with E-state index in [1.54, 1.807) is 0 Å². The molecule has 0 saturated heterocycles. The van der Waals surface area contributed by atoms with Crippen LogP contribution in [0.15, 0.2) is 30.3 Å². The maximum atomic E-state index is 5.77. The fourth-order valence-corrected chi connectivity index (χ4v) is 1.22. The first-order valence-electron chi connectivity index (χ1n) is 4.62. The van der Waals surface area contributed by atoms with Crippen LogP contribution in [0.5, 0.6) is 0 Å². The highest BCUT2D eigenvalue weighted by molar-refractivity contribution is 6.30. The van der Waals surface area contributed by atoms with Crippen LogP contribution in [0.25, 0.3) is 6.08 Å². The first-order chi connectivity index (χ1) is 6.83. The number of halogens is 1. The first kappa shape index (κ1) is 11.3. The van der Waals surface area contributed by atoms with Gasteiger partial charge in [-0.05, 0) is 30.5 Å². The lowest BCUT2D eigenvalue weighted by Crippen LogP contribution is -1.83. The summed E-state index contributed by atoms with van der Waals surface area (Å²) in [6.07, 6.45) is 6.23. The van der Waals surface area contributed by atoms with E-state index in [2.05, 4.69) is 19.3 Å². The van der Waals surface area contributed by atoms with Crippen LogP contribution in [-0.2, 0) is 4.74 Å². The van der Waals surface area contributed by atoms with Crippen molar-refractivity contribution in [2.24, 2.45) is 0 Å². The van der Waals surface area contributed by atoms with Crippen LogP contribution < -0.4 is 0 Å². The van der Waals surface area contributed by atoms with Crippen molar-refractivity contribution in [3.8, 4) is 0 Å². The Morgan fingerprint density at radius 2 is 2.00 bits per heavy atom. The van der Waals surface area contributed by atoms with Gasteiger partial charge in [-0.15, -0.1) is 0 Å². The standard InChI is InChI=1S/C12H14ClO/c1-14-10-4-2-3-5-11-6-8-12(13)9-7-11/h3,5-9H,1-2,4,10H2. The van der Waals surface area contributed by atoms with Crippen molar-refractivity contribution in [3.63, 3.8) is 0 Å². The molecule has 0 unspecified atom stereocenters. The van der Waals surface area contributed by atoms with Gasteiger partial charge in [-0.3, -0.25) is 0 Å². The number of hydrogen-bond donors (Lipinski definition) is 0. The second-order valence-electron chi connectivity index (χ2n) is 3.00. The SMILES string of the molecule is [CH2]OCCCC=Cc1ccc(Cl)cc1. The Balaban J connectivity index is 2.33. The molecule has 0 aliphatic carbocycles. The van der Waals surface area contributed by atoms with E-state index in [-0.39, 0.29) is 0 Å². The number of hydrogen-bond acceptors (Lipinski definition) is 1. The van der Waals surface area contributed by atoms with Crippen molar-refractivity contribution in [2.75, 3.05) is 6.61 Å². The van der Waals surface area contributed by atoms with Gasteiger partial charge in [-0.2, -0.15) is 0 Å². The van der Waals surface area contributed by atoms with Crippen LogP contribution in [-0.4, -0.2) is 6.61 Å². The summed E-state index contributed by atoms with van der Waals surface area (Å²) in [4.78, 5) is 0. The summed E-state index contributed by atoms with van der Waals surface area (Å²) in [7, 11) is 3.31. The third kappa shape index (κ3) is 4.45. The summed E-state index contributed by atoms with van der Waals surface area (Å²) in [6.45, 7) is 0.713. The van der Waals surface area contributed by atoms with Crippen molar-refractivity contribution in [3.05, 3.63) is 48.0 Å². The Labute approximate surface area is 90.3 Å².